The van der Waals surface area contributed by atoms with Crippen LogP contribution in [0, 0.1) is 31.5 Å². The third-order valence-corrected chi connectivity index (χ3v) is 6.66. The van der Waals surface area contributed by atoms with E-state index in [4.69, 9.17) is 0 Å². The molecule has 2 aliphatic carbocycles. The number of fused-ring (bicyclic) bond motifs is 2. The van der Waals surface area contributed by atoms with E-state index in [-0.39, 0.29) is 34.6 Å². The summed E-state index contributed by atoms with van der Waals surface area (Å²) in [5.74, 6) is -0.949. The molecule has 0 amide bonds. The molecule has 28 heavy (non-hydrogen) atoms. The molecule has 3 atom stereocenters. The van der Waals surface area contributed by atoms with Gasteiger partial charge < -0.3 is 10.0 Å². The Kier molecular flexibility index (Phi) is 3.62. The first-order valence-electron chi connectivity index (χ1n) is 9.73. The van der Waals surface area contributed by atoms with E-state index < -0.39 is 23.2 Å². The lowest BCUT2D eigenvalue weighted by molar-refractivity contribution is -0.127. The summed E-state index contributed by atoms with van der Waals surface area (Å²) in [6.45, 7) is 4.12. The Balaban J connectivity index is 1.73. The molecule has 148 valence electrons. The van der Waals surface area contributed by atoms with Crippen LogP contribution in [0.5, 0.6) is 0 Å². The number of anilines is 1. The minimum Gasteiger partial charge on any atom is -0.385 e. The number of Topliss-reactive ketones (excluding diaryl/α,β-unsaturated/α-hetero) is 1. The van der Waals surface area contributed by atoms with E-state index >= 15 is 4.39 Å². The molecule has 8 heteroatoms. The number of aromatic amines is 1. The van der Waals surface area contributed by atoms with Gasteiger partial charge in [0, 0.05) is 36.2 Å². The van der Waals surface area contributed by atoms with E-state index in [1.165, 1.54) is 0 Å². The second kappa shape index (κ2) is 5.76. The van der Waals surface area contributed by atoms with Crippen LogP contribution in [0.25, 0.3) is 10.9 Å². The maximum absolute atomic E-state index is 15.4. The van der Waals surface area contributed by atoms with E-state index in [1.807, 2.05) is 4.90 Å². The number of nitrogens with one attached hydrogen (secondary N) is 1. The molecule has 2 heterocycles. The topological polar surface area (TPSA) is 95.4 Å². The Labute approximate surface area is 159 Å². The molecule has 3 aliphatic rings. The monoisotopic (exact) mass is 387 g/mol. The highest BCUT2D eigenvalue weighted by Gasteiger charge is 2.47. The predicted molar refractivity (Wildman–Crippen MR) is 101 cm³/mol. The first kappa shape index (κ1) is 17.6. The largest absolute Gasteiger partial charge is 0.385 e. The molecule has 1 aliphatic heterocycles. The number of rotatable bonds is 2. The number of halogens is 1. The van der Waals surface area contributed by atoms with Crippen LogP contribution in [0.4, 0.5) is 10.1 Å². The van der Waals surface area contributed by atoms with Gasteiger partial charge in [-0.25, -0.2) is 9.18 Å². The first-order valence-corrected chi connectivity index (χ1v) is 9.73. The van der Waals surface area contributed by atoms with Crippen LogP contribution in [-0.2, 0) is 4.79 Å². The summed E-state index contributed by atoms with van der Waals surface area (Å²) < 4.78 is 17.0. The van der Waals surface area contributed by atoms with Crippen LogP contribution >= 0.6 is 0 Å². The maximum Gasteiger partial charge on any atom is 0.329 e. The zero-order valence-electron chi connectivity index (χ0n) is 15.8. The van der Waals surface area contributed by atoms with Gasteiger partial charge in [0.1, 0.15) is 6.10 Å². The molecular weight excluding hydrogens is 365 g/mol. The van der Waals surface area contributed by atoms with Crippen LogP contribution in [0.3, 0.4) is 0 Å². The van der Waals surface area contributed by atoms with Crippen molar-refractivity contribution in [1.82, 2.24) is 9.55 Å². The Morgan fingerprint density at radius 2 is 1.82 bits per heavy atom. The molecule has 3 fully saturated rings. The predicted octanol–water partition coefficient (Wildman–Crippen LogP) is 1.17. The van der Waals surface area contributed by atoms with Crippen molar-refractivity contribution < 1.29 is 14.3 Å². The smallest absolute Gasteiger partial charge is 0.329 e. The molecular formula is C20H22FN3O4. The van der Waals surface area contributed by atoms with Gasteiger partial charge in [-0.15, -0.1) is 0 Å². The van der Waals surface area contributed by atoms with Crippen molar-refractivity contribution >= 4 is 22.4 Å². The highest BCUT2D eigenvalue weighted by molar-refractivity contribution is 5.92. The number of aryl methyl sites for hydroxylation is 2. The zero-order chi connectivity index (χ0) is 19.9. The highest BCUT2D eigenvalue weighted by atomic mass is 19.1. The number of carbonyl (C=O) groups is 1. The standard InChI is InChI=1S/C20H22FN3O4/c1-8-14-16(24(11-3-4-11)20(28)22-19(14)27)9(2)17(15(8)21)23-6-10-5-13(25)18(26)12(10)7-23/h10-13,25H,3-7H2,1-2H3,(H,22,27,28). The van der Waals surface area contributed by atoms with Crippen LogP contribution in [0.1, 0.15) is 36.4 Å². The van der Waals surface area contributed by atoms with Gasteiger partial charge in [-0.1, -0.05) is 0 Å². The summed E-state index contributed by atoms with van der Waals surface area (Å²) >= 11 is 0. The van der Waals surface area contributed by atoms with Gasteiger partial charge in [0.2, 0.25) is 0 Å². The number of hydrogen-bond donors (Lipinski definition) is 2. The average molecular weight is 387 g/mol. The number of aliphatic hydroxyl groups excluding tert-OH is 1. The molecule has 5 rings (SSSR count). The summed E-state index contributed by atoms with van der Waals surface area (Å²) in [5, 5.41) is 10.0. The highest BCUT2D eigenvalue weighted by Crippen LogP contribution is 2.43. The lowest BCUT2D eigenvalue weighted by atomic mass is 10.0. The van der Waals surface area contributed by atoms with Crippen LogP contribution < -0.4 is 16.1 Å². The molecule has 2 aromatic rings. The van der Waals surface area contributed by atoms with Gasteiger partial charge in [-0.3, -0.25) is 19.1 Å². The molecule has 0 radical (unpaired) electrons. The number of hydrogen-bond acceptors (Lipinski definition) is 5. The fourth-order valence-corrected chi connectivity index (χ4v) is 5.15. The van der Waals surface area contributed by atoms with E-state index in [0.29, 0.717) is 36.3 Å². The van der Waals surface area contributed by atoms with Gasteiger partial charge in [-0.05, 0) is 39.0 Å². The van der Waals surface area contributed by atoms with Crippen LogP contribution in [0.2, 0.25) is 0 Å². The van der Waals surface area contributed by atoms with Gasteiger partial charge >= 0.3 is 5.69 Å². The second-order valence-electron chi connectivity index (χ2n) is 8.42. The van der Waals surface area contributed by atoms with E-state index in [2.05, 4.69) is 4.98 Å². The van der Waals surface area contributed by atoms with Gasteiger partial charge in [0.05, 0.1) is 16.6 Å². The maximum atomic E-state index is 15.4. The third-order valence-electron chi connectivity index (χ3n) is 6.66. The summed E-state index contributed by atoms with van der Waals surface area (Å²) in [5.41, 5.74) is 0.599. The Bertz CT molecular complexity index is 1150. The number of carbonyl (C=O) groups excluding carboxylic acids is 1. The molecule has 2 saturated carbocycles. The minimum atomic E-state index is -0.917. The number of aliphatic hydroxyl groups is 1. The lowest BCUT2D eigenvalue weighted by Crippen LogP contribution is -2.33. The van der Waals surface area contributed by atoms with Gasteiger partial charge in [-0.2, -0.15) is 0 Å². The van der Waals surface area contributed by atoms with Crippen molar-refractivity contribution in [2.75, 3.05) is 18.0 Å². The molecule has 2 N–H and O–H groups in total. The third kappa shape index (κ3) is 2.27. The second-order valence-corrected chi connectivity index (χ2v) is 8.42. The molecule has 0 bridgehead atoms. The van der Waals surface area contributed by atoms with Gasteiger partial charge in [0.25, 0.3) is 5.56 Å². The van der Waals surface area contributed by atoms with Crippen molar-refractivity contribution in [2.24, 2.45) is 11.8 Å². The van der Waals surface area contributed by atoms with Crippen LogP contribution in [0.15, 0.2) is 9.59 Å². The van der Waals surface area contributed by atoms with E-state index in [1.54, 1.807) is 18.4 Å². The molecule has 1 aromatic heterocycles. The summed E-state index contributed by atoms with van der Waals surface area (Å²) in [4.78, 5) is 41.3. The summed E-state index contributed by atoms with van der Waals surface area (Å²) in [6, 6.07) is 0.0259. The van der Waals surface area contributed by atoms with Crippen molar-refractivity contribution in [3.63, 3.8) is 0 Å². The quantitative estimate of drug-likeness (QED) is 0.807. The van der Waals surface area contributed by atoms with Crippen molar-refractivity contribution in [3.8, 4) is 0 Å². The molecule has 7 nitrogen and oxygen atoms in total. The number of H-pyrrole nitrogens is 1. The van der Waals surface area contributed by atoms with E-state index in [0.717, 1.165) is 12.8 Å². The fourth-order valence-electron chi connectivity index (χ4n) is 5.15. The molecule has 1 aromatic carbocycles. The minimum absolute atomic E-state index is 0.00195. The zero-order valence-corrected chi connectivity index (χ0v) is 15.8. The van der Waals surface area contributed by atoms with Crippen LogP contribution in [-0.4, -0.2) is 39.6 Å². The van der Waals surface area contributed by atoms with Crippen molar-refractivity contribution in [2.45, 2.75) is 45.3 Å². The Hall–Kier alpha value is -2.48. The number of benzene rings is 1. The van der Waals surface area contributed by atoms with Crippen molar-refractivity contribution in [3.05, 3.63) is 37.8 Å². The average Bonchev–Trinajstić information content (AvgIpc) is 3.33. The van der Waals surface area contributed by atoms with Crippen molar-refractivity contribution in [1.29, 1.82) is 0 Å². The lowest BCUT2D eigenvalue weighted by Gasteiger charge is -2.26. The summed E-state index contributed by atoms with van der Waals surface area (Å²) in [6.07, 6.45) is 1.19. The molecule has 0 spiro atoms. The number of nitrogens with zero attached hydrogens (tertiary/aromatic N) is 2. The van der Waals surface area contributed by atoms with Gasteiger partial charge in [0.15, 0.2) is 11.6 Å². The summed E-state index contributed by atoms with van der Waals surface area (Å²) in [7, 11) is 0. The van der Waals surface area contributed by atoms with E-state index in [9.17, 15) is 19.5 Å². The molecule has 1 saturated heterocycles. The molecule has 3 unspecified atom stereocenters. The Morgan fingerprint density at radius 1 is 1.11 bits per heavy atom. The number of aromatic nitrogens is 2. The SMILES string of the molecule is Cc1c(F)c(N2CC3CC(O)C(=O)C3C2)c(C)c2c1c(=O)[nH]c(=O)n2C1CC1. The Morgan fingerprint density at radius 3 is 2.46 bits per heavy atom. The normalized spacial score (nSPS) is 27.1. The first-order chi connectivity index (χ1) is 13.3. The fraction of sp³-hybridized carbons (Fsp3) is 0.550. The number of ketones is 1.